The van der Waals surface area contributed by atoms with Gasteiger partial charge in [0.15, 0.2) is 0 Å². The molecule has 4 rings (SSSR count). The van der Waals surface area contributed by atoms with E-state index in [1.54, 1.807) is 29.9 Å². The van der Waals surface area contributed by atoms with E-state index in [1.807, 2.05) is 24.3 Å². The molecule has 0 spiro atoms. The van der Waals surface area contributed by atoms with Gasteiger partial charge in [0.05, 0.1) is 12.4 Å². The number of anilines is 1. The maximum Gasteiger partial charge on any atom is 0.225 e. The van der Waals surface area contributed by atoms with Gasteiger partial charge in [0.25, 0.3) is 0 Å². The van der Waals surface area contributed by atoms with Gasteiger partial charge >= 0.3 is 0 Å². The van der Waals surface area contributed by atoms with Crippen LogP contribution in [-0.2, 0) is 16.4 Å². The lowest BCUT2D eigenvalue weighted by atomic mass is 10.0. The average Bonchev–Trinajstić information content (AvgIpc) is 2.86. The standard InChI is InChI=1S/C20H26N4O3S/c1-27-18-5-3-16(4-6-18)7-14-24-15-17-8-12-23(20-21-10-2-11-22-20)13-9-19(17)28(24,25)26/h2-6,10-11,17,19H,7-9,12-15H2,1H3/t17-,19-/m0/s1. The molecule has 28 heavy (non-hydrogen) atoms. The minimum atomic E-state index is -3.26. The van der Waals surface area contributed by atoms with Crippen LogP contribution in [0.15, 0.2) is 42.7 Å². The van der Waals surface area contributed by atoms with E-state index in [0.29, 0.717) is 38.4 Å². The molecule has 2 aliphatic heterocycles. The molecule has 150 valence electrons. The van der Waals surface area contributed by atoms with Crippen LogP contribution in [0.2, 0.25) is 0 Å². The van der Waals surface area contributed by atoms with Crippen molar-refractivity contribution in [1.29, 1.82) is 0 Å². The topological polar surface area (TPSA) is 75.6 Å². The monoisotopic (exact) mass is 402 g/mol. The van der Waals surface area contributed by atoms with Gasteiger partial charge in [-0.3, -0.25) is 0 Å². The Morgan fingerprint density at radius 1 is 1.11 bits per heavy atom. The van der Waals surface area contributed by atoms with Crippen LogP contribution in [0.25, 0.3) is 0 Å². The molecule has 8 heteroatoms. The van der Waals surface area contributed by atoms with E-state index in [2.05, 4.69) is 14.9 Å². The largest absolute Gasteiger partial charge is 0.497 e. The van der Waals surface area contributed by atoms with Gasteiger partial charge in [0, 0.05) is 38.6 Å². The van der Waals surface area contributed by atoms with Gasteiger partial charge in [-0.1, -0.05) is 12.1 Å². The van der Waals surface area contributed by atoms with Gasteiger partial charge in [-0.25, -0.2) is 22.7 Å². The van der Waals surface area contributed by atoms with Crippen molar-refractivity contribution in [3.63, 3.8) is 0 Å². The zero-order valence-corrected chi connectivity index (χ0v) is 16.9. The molecule has 0 N–H and O–H groups in total. The third-order valence-electron chi connectivity index (χ3n) is 5.80. The van der Waals surface area contributed by atoms with Crippen LogP contribution in [0.1, 0.15) is 18.4 Å². The summed E-state index contributed by atoms with van der Waals surface area (Å²) in [5.74, 6) is 1.68. The predicted molar refractivity (Wildman–Crippen MR) is 108 cm³/mol. The van der Waals surface area contributed by atoms with E-state index in [0.717, 1.165) is 24.3 Å². The van der Waals surface area contributed by atoms with Crippen molar-refractivity contribution in [2.24, 2.45) is 5.92 Å². The zero-order chi connectivity index (χ0) is 19.6. The van der Waals surface area contributed by atoms with Crippen LogP contribution in [0.4, 0.5) is 5.95 Å². The van der Waals surface area contributed by atoms with Crippen molar-refractivity contribution in [3.8, 4) is 5.75 Å². The number of hydrogen-bond donors (Lipinski definition) is 0. The fraction of sp³-hybridized carbons (Fsp3) is 0.500. The molecule has 0 unspecified atom stereocenters. The molecule has 1 aromatic carbocycles. The number of nitrogens with zero attached hydrogens (tertiary/aromatic N) is 4. The Hall–Kier alpha value is -2.19. The summed E-state index contributed by atoms with van der Waals surface area (Å²) in [6, 6.07) is 9.62. The quantitative estimate of drug-likeness (QED) is 0.761. The van der Waals surface area contributed by atoms with Crippen molar-refractivity contribution >= 4 is 16.0 Å². The molecule has 7 nitrogen and oxygen atoms in total. The zero-order valence-electron chi connectivity index (χ0n) is 16.1. The van der Waals surface area contributed by atoms with Crippen LogP contribution >= 0.6 is 0 Å². The van der Waals surface area contributed by atoms with Gasteiger partial charge in [0.2, 0.25) is 16.0 Å². The summed E-state index contributed by atoms with van der Waals surface area (Å²) >= 11 is 0. The van der Waals surface area contributed by atoms with E-state index >= 15 is 0 Å². The Labute approximate surface area is 166 Å². The highest BCUT2D eigenvalue weighted by Crippen LogP contribution is 2.35. The van der Waals surface area contributed by atoms with E-state index in [4.69, 9.17) is 4.74 Å². The second-order valence-electron chi connectivity index (χ2n) is 7.41. The van der Waals surface area contributed by atoms with Crippen LogP contribution in [0, 0.1) is 5.92 Å². The minimum Gasteiger partial charge on any atom is -0.497 e. The number of ether oxygens (including phenoxy) is 1. The molecule has 0 saturated carbocycles. The minimum absolute atomic E-state index is 0.176. The first-order valence-corrected chi connectivity index (χ1v) is 11.2. The number of rotatable bonds is 5. The van der Waals surface area contributed by atoms with Gasteiger partial charge in [-0.2, -0.15) is 0 Å². The van der Waals surface area contributed by atoms with Crippen LogP contribution < -0.4 is 9.64 Å². The second kappa shape index (κ2) is 8.05. The number of sulfonamides is 1. The first-order valence-electron chi connectivity index (χ1n) is 9.72. The van der Waals surface area contributed by atoms with Crippen molar-refractivity contribution in [2.45, 2.75) is 24.5 Å². The average molecular weight is 403 g/mol. The van der Waals surface area contributed by atoms with Crippen LogP contribution in [0.5, 0.6) is 5.75 Å². The highest BCUT2D eigenvalue weighted by molar-refractivity contribution is 7.90. The molecule has 2 aliphatic rings. The molecule has 2 aromatic rings. The molecule has 0 amide bonds. The number of aromatic nitrogens is 2. The summed E-state index contributed by atoms with van der Waals surface area (Å²) in [6.45, 7) is 2.63. The number of benzene rings is 1. The molecule has 2 fully saturated rings. The molecule has 1 aromatic heterocycles. The lowest BCUT2D eigenvalue weighted by Crippen LogP contribution is -2.33. The maximum absolute atomic E-state index is 13.1. The third kappa shape index (κ3) is 3.84. The fourth-order valence-electron chi connectivity index (χ4n) is 4.22. The summed E-state index contributed by atoms with van der Waals surface area (Å²) in [7, 11) is -1.62. The Bertz CT molecular complexity index is 889. The Balaban J connectivity index is 1.40. The summed E-state index contributed by atoms with van der Waals surface area (Å²) in [6.07, 6.45) is 5.65. The van der Waals surface area contributed by atoms with Crippen LogP contribution in [-0.4, -0.2) is 61.2 Å². The summed E-state index contributed by atoms with van der Waals surface area (Å²) in [5, 5.41) is -0.294. The van der Waals surface area contributed by atoms with E-state index in [-0.39, 0.29) is 11.2 Å². The first-order chi connectivity index (χ1) is 13.6. The number of methoxy groups -OCH3 is 1. The number of hydrogen-bond acceptors (Lipinski definition) is 6. The molecule has 2 atom stereocenters. The highest BCUT2D eigenvalue weighted by atomic mass is 32.2. The molecule has 0 radical (unpaired) electrons. The third-order valence-corrected chi connectivity index (χ3v) is 8.24. The number of fused-ring (bicyclic) bond motifs is 1. The summed E-state index contributed by atoms with van der Waals surface area (Å²) in [4.78, 5) is 10.7. The molecular weight excluding hydrogens is 376 g/mol. The van der Waals surface area contributed by atoms with Crippen molar-refractivity contribution in [2.75, 3.05) is 38.2 Å². The van der Waals surface area contributed by atoms with E-state index in [1.165, 1.54) is 0 Å². The SMILES string of the molecule is COc1ccc(CCN2C[C@@H]3CCN(c4ncccn4)CC[C@@H]3S2(=O)=O)cc1. The van der Waals surface area contributed by atoms with Crippen molar-refractivity contribution in [3.05, 3.63) is 48.3 Å². The molecule has 3 heterocycles. The summed E-state index contributed by atoms with van der Waals surface area (Å²) in [5.41, 5.74) is 1.12. The smallest absolute Gasteiger partial charge is 0.225 e. The van der Waals surface area contributed by atoms with Gasteiger partial charge in [0.1, 0.15) is 5.75 Å². The Morgan fingerprint density at radius 2 is 1.82 bits per heavy atom. The normalized spacial score (nSPS) is 24.5. The Morgan fingerprint density at radius 3 is 2.54 bits per heavy atom. The van der Waals surface area contributed by atoms with Crippen molar-refractivity contribution in [1.82, 2.24) is 14.3 Å². The van der Waals surface area contributed by atoms with E-state index < -0.39 is 10.0 Å². The highest BCUT2D eigenvalue weighted by Gasteiger charge is 2.46. The molecule has 0 aliphatic carbocycles. The molecular formula is C20H26N4O3S. The Kier molecular flexibility index (Phi) is 5.50. The van der Waals surface area contributed by atoms with Crippen molar-refractivity contribution < 1.29 is 13.2 Å². The van der Waals surface area contributed by atoms with E-state index in [9.17, 15) is 8.42 Å². The summed E-state index contributed by atoms with van der Waals surface area (Å²) < 4.78 is 33.1. The van der Waals surface area contributed by atoms with Gasteiger partial charge < -0.3 is 9.64 Å². The maximum atomic E-state index is 13.1. The fourth-order valence-corrected chi connectivity index (χ4v) is 6.45. The molecule has 0 bridgehead atoms. The lowest BCUT2D eigenvalue weighted by molar-refractivity contribution is 0.388. The molecule has 2 saturated heterocycles. The van der Waals surface area contributed by atoms with Crippen LogP contribution in [0.3, 0.4) is 0 Å². The predicted octanol–water partition coefficient (Wildman–Crippen LogP) is 1.96. The van der Waals surface area contributed by atoms with Gasteiger partial charge in [-0.15, -0.1) is 0 Å². The lowest BCUT2D eigenvalue weighted by Gasteiger charge is -2.21. The second-order valence-corrected chi connectivity index (χ2v) is 9.56. The first kappa shape index (κ1) is 19.1. The van der Waals surface area contributed by atoms with Gasteiger partial charge in [-0.05, 0) is 48.9 Å².